The van der Waals surface area contributed by atoms with Crippen molar-refractivity contribution in [3.05, 3.63) is 47.3 Å². The zero-order valence-corrected chi connectivity index (χ0v) is 13.6. The van der Waals surface area contributed by atoms with Crippen LogP contribution in [0.15, 0.2) is 42.5 Å². The zero-order valence-electron chi connectivity index (χ0n) is 12.8. The van der Waals surface area contributed by atoms with E-state index in [1.165, 1.54) is 54.5 Å². The maximum absolute atomic E-state index is 2.61. The molecule has 2 nitrogen and oxygen atoms in total. The molecule has 1 saturated heterocycles. The van der Waals surface area contributed by atoms with Crippen LogP contribution in [-0.2, 0) is 6.54 Å². The first-order valence-electron chi connectivity index (χ1n) is 7.94. The van der Waals surface area contributed by atoms with Crippen molar-refractivity contribution in [1.29, 1.82) is 0 Å². The van der Waals surface area contributed by atoms with Crippen LogP contribution in [-0.4, -0.2) is 42.5 Å². The van der Waals surface area contributed by atoms with Gasteiger partial charge in [0.1, 0.15) is 0 Å². The number of nitrogens with zero attached hydrogens (tertiary/aromatic N) is 2. The Hall–Kier alpha value is -1.16. The number of hydrogen-bond donors (Lipinski definition) is 0. The van der Waals surface area contributed by atoms with Gasteiger partial charge in [0.15, 0.2) is 0 Å². The second-order valence-electron chi connectivity index (χ2n) is 5.70. The second kappa shape index (κ2) is 7.21. The van der Waals surface area contributed by atoms with Gasteiger partial charge in [-0.15, -0.1) is 11.3 Å². The van der Waals surface area contributed by atoms with Crippen molar-refractivity contribution in [2.24, 2.45) is 0 Å². The smallest absolute Gasteiger partial charge is 0.0346 e. The minimum atomic E-state index is 1.11. The van der Waals surface area contributed by atoms with E-state index in [1.54, 1.807) is 0 Å². The highest BCUT2D eigenvalue weighted by molar-refractivity contribution is 7.15. The minimum Gasteiger partial charge on any atom is -0.302 e. The molecule has 0 bridgehead atoms. The first-order valence-corrected chi connectivity index (χ1v) is 8.75. The molecule has 0 spiro atoms. The van der Waals surface area contributed by atoms with E-state index in [1.807, 2.05) is 11.3 Å². The second-order valence-corrected chi connectivity index (χ2v) is 6.86. The lowest BCUT2D eigenvalue weighted by Gasteiger charge is -2.20. The van der Waals surface area contributed by atoms with Crippen LogP contribution in [0.25, 0.3) is 10.4 Å². The molecule has 1 aliphatic rings. The third-order valence-electron chi connectivity index (χ3n) is 4.23. The molecule has 21 heavy (non-hydrogen) atoms. The normalized spacial score (nSPS) is 17.8. The van der Waals surface area contributed by atoms with Crippen LogP contribution in [0, 0.1) is 0 Å². The summed E-state index contributed by atoms with van der Waals surface area (Å²) < 4.78 is 0. The molecular formula is C18H24N2S. The third-order valence-corrected chi connectivity index (χ3v) is 5.35. The predicted octanol–water partition coefficient (Wildman–Crippen LogP) is 3.94. The van der Waals surface area contributed by atoms with Crippen LogP contribution in [0.1, 0.15) is 18.2 Å². The average molecular weight is 300 g/mol. The maximum atomic E-state index is 2.61. The highest BCUT2D eigenvalue weighted by Crippen LogP contribution is 2.28. The fraction of sp³-hybridized carbons (Fsp3) is 0.444. The first kappa shape index (κ1) is 14.8. The van der Waals surface area contributed by atoms with E-state index in [-0.39, 0.29) is 0 Å². The van der Waals surface area contributed by atoms with Gasteiger partial charge in [-0.3, -0.25) is 4.90 Å². The maximum Gasteiger partial charge on any atom is 0.0346 e. The van der Waals surface area contributed by atoms with Crippen molar-refractivity contribution in [3.63, 3.8) is 0 Å². The topological polar surface area (TPSA) is 6.48 Å². The Balaban J connectivity index is 1.62. The molecule has 3 rings (SSSR count). The van der Waals surface area contributed by atoms with Gasteiger partial charge in [-0.05, 0) is 43.8 Å². The molecule has 0 N–H and O–H groups in total. The summed E-state index contributed by atoms with van der Waals surface area (Å²) in [5, 5.41) is 0. The summed E-state index contributed by atoms with van der Waals surface area (Å²) in [6.45, 7) is 9.46. The lowest BCUT2D eigenvalue weighted by molar-refractivity contribution is 0.259. The van der Waals surface area contributed by atoms with E-state index >= 15 is 0 Å². The number of rotatable bonds is 4. The molecule has 3 heteroatoms. The highest BCUT2D eigenvalue weighted by Gasteiger charge is 2.14. The highest BCUT2D eigenvalue weighted by atomic mass is 32.1. The van der Waals surface area contributed by atoms with Crippen LogP contribution in [0.3, 0.4) is 0 Å². The number of likely N-dealkylation sites (N-methyl/N-ethyl adjacent to an activating group) is 1. The van der Waals surface area contributed by atoms with Crippen molar-refractivity contribution >= 4 is 11.3 Å². The molecule has 0 amide bonds. The average Bonchev–Trinajstić information content (AvgIpc) is 2.87. The van der Waals surface area contributed by atoms with Crippen molar-refractivity contribution in [1.82, 2.24) is 9.80 Å². The van der Waals surface area contributed by atoms with Crippen molar-refractivity contribution in [2.75, 3.05) is 32.7 Å². The molecule has 2 heterocycles. The Bertz CT molecular complexity index is 549. The summed E-state index contributed by atoms with van der Waals surface area (Å²) >= 11 is 1.94. The Morgan fingerprint density at radius 3 is 2.48 bits per heavy atom. The van der Waals surface area contributed by atoms with E-state index in [0.29, 0.717) is 0 Å². The van der Waals surface area contributed by atoms with Crippen LogP contribution in [0.2, 0.25) is 0 Å². The summed E-state index contributed by atoms with van der Waals surface area (Å²) in [7, 11) is 0. The zero-order chi connectivity index (χ0) is 14.5. The molecule has 1 aliphatic heterocycles. The monoisotopic (exact) mass is 300 g/mol. The van der Waals surface area contributed by atoms with E-state index < -0.39 is 0 Å². The molecule has 0 unspecified atom stereocenters. The molecular weight excluding hydrogens is 276 g/mol. The van der Waals surface area contributed by atoms with Crippen LogP contribution in [0.5, 0.6) is 0 Å². The summed E-state index contributed by atoms with van der Waals surface area (Å²) in [5.74, 6) is 0. The Morgan fingerprint density at radius 2 is 1.67 bits per heavy atom. The number of benzene rings is 1. The van der Waals surface area contributed by atoms with Gasteiger partial charge in [0.05, 0.1) is 0 Å². The fourth-order valence-corrected chi connectivity index (χ4v) is 4.00. The molecule has 1 fully saturated rings. The lowest BCUT2D eigenvalue weighted by Crippen LogP contribution is -2.30. The first-order chi connectivity index (χ1) is 10.3. The summed E-state index contributed by atoms with van der Waals surface area (Å²) in [5.41, 5.74) is 1.33. The van der Waals surface area contributed by atoms with E-state index in [4.69, 9.17) is 0 Å². The van der Waals surface area contributed by atoms with Gasteiger partial charge in [0.2, 0.25) is 0 Å². The van der Waals surface area contributed by atoms with Crippen LogP contribution < -0.4 is 0 Å². The largest absolute Gasteiger partial charge is 0.302 e. The molecule has 0 aliphatic carbocycles. The number of thiophene rings is 1. The standard InChI is InChI=1S/C18H24N2S/c1-2-19-11-6-12-20(14-13-19)15-17-9-10-18(21-17)16-7-4-3-5-8-16/h3-5,7-10H,2,6,11-15H2,1H3. The van der Waals surface area contributed by atoms with Gasteiger partial charge in [-0.25, -0.2) is 0 Å². The Kier molecular flexibility index (Phi) is 5.07. The molecule has 0 atom stereocenters. The number of hydrogen-bond acceptors (Lipinski definition) is 3. The van der Waals surface area contributed by atoms with Crippen molar-refractivity contribution in [2.45, 2.75) is 19.9 Å². The predicted molar refractivity (Wildman–Crippen MR) is 91.8 cm³/mol. The Labute approximate surface area is 132 Å². The summed E-state index contributed by atoms with van der Waals surface area (Å²) in [6.07, 6.45) is 1.30. The molecule has 2 aromatic rings. The van der Waals surface area contributed by atoms with Gasteiger partial charge in [-0.1, -0.05) is 37.3 Å². The van der Waals surface area contributed by atoms with E-state index in [2.05, 4.69) is 59.2 Å². The minimum absolute atomic E-state index is 1.11. The van der Waals surface area contributed by atoms with Gasteiger partial charge >= 0.3 is 0 Å². The van der Waals surface area contributed by atoms with Crippen molar-refractivity contribution in [3.8, 4) is 10.4 Å². The van der Waals surface area contributed by atoms with Gasteiger partial charge in [0.25, 0.3) is 0 Å². The van der Waals surface area contributed by atoms with Crippen molar-refractivity contribution < 1.29 is 0 Å². The van der Waals surface area contributed by atoms with Crippen LogP contribution >= 0.6 is 11.3 Å². The van der Waals surface area contributed by atoms with E-state index in [9.17, 15) is 0 Å². The molecule has 112 valence electrons. The quantitative estimate of drug-likeness (QED) is 0.844. The van der Waals surface area contributed by atoms with Gasteiger partial charge < -0.3 is 4.90 Å². The molecule has 0 radical (unpaired) electrons. The Morgan fingerprint density at radius 1 is 0.905 bits per heavy atom. The summed E-state index contributed by atoms with van der Waals surface area (Å²) in [6, 6.07) is 15.3. The van der Waals surface area contributed by atoms with Crippen LogP contribution in [0.4, 0.5) is 0 Å². The molecule has 1 aromatic heterocycles. The summed E-state index contributed by atoms with van der Waals surface area (Å²) in [4.78, 5) is 8.04. The fourth-order valence-electron chi connectivity index (χ4n) is 2.94. The SMILES string of the molecule is CCN1CCCN(Cc2ccc(-c3ccccc3)s2)CC1. The van der Waals surface area contributed by atoms with E-state index in [0.717, 1.165) is 6.54 Å². The molecule has 0 saturated carbocycles. The third kappa shape index (κ3) is 3.94. The lowest BCUT2D eigenvalue weighted by atomic mass is 10.2. The van der Waals surface area contributed by atoms with Gasteiger partial charge in [-0.2, -0.15) is 0 Å². The van der Waals surface area contributed by atoms with Gasteiger partial charge in [0, 0.05) is 29.4 Å². The molecule has 1 aromatic carbocycles.